The van der Waals surface area contributed by atoms with Gasteiger partial charge in [0.05, 0.1) is 12.7 Å². The number of thioether (sulfide) groups is 2. The van der Waals surface area contributed by atoms with Gasteiger partial charge in [-0.2, -0.15) is 0 Å². The summed E-state index contributed by atoms with van der Waals surface area (Å²) >= 11 is 1.98. The maximum absolute atomic E-state index is 11.0. The highest BCUT2D eigenvalue weighted by atomic mass is 32.2. The van der Waals surface area contributed by atoms with Crippen molar-refractivity contribution in [2.75, 3.05) is 13.2 Å². The third-order valence-corrected chi connectivity index (χ3v) is 5.57. The topological polar surface area (TPSA) is 104 Å². The lowest BCUT2D eigenvalue weighted by atomic mass is 10.0. The van der Waals surface area contributed by atoms with Crippen molar-refractivity contribution in [2.45, 2.75) is 58.1 Å². The summed E-state index contributed by atoms with van der Waals surface area (Å²) in [5.41, 5.74) is 0. The van der Waals surface area contributed by atoms with Crippen LogP contribution < -0.4 is 0 Å². The van der Waals surface area contributed by atoms with Crippen molar-refractivity contribution in [2.24, 2.45) is 11.8 Å². The minimum absolute atomic E-state index is 0.0255. The van der Waals surface area contributed by atoms with Crippen LogP contribution in [0.3, 0.4) is 0 Å². The Morgan fingerprint density at radius 3 is 1.91 bits per heavy atom. The second kappa shape index (κ2) is 13.9. The first-order chi connectivity index (χ1) is 10.6. The molecule has 0 bridgehead atoms. The molecule has 0 radical (unpaired) electrons. The summed E-state index contributed by atoms with van der Waals surface area (Å²) in [6, 6.07) is 0. The molecule has 0 aromatic rings. The van der Waals surface area contributed by atoms with Gasteiger partial charge in [-0.05, 0) is 49.2 Å². The van der Waals surface area contributed by atoms with Crippen molar-refractivity contribution in [3.63, 3.8) is 0 Å². The number of carboxylic acid groups (broad SMARTS) is 1. The first-order valence-corrected chi connectivity index (χ1v) is 9.34. The predicted octanol–water partition coefficient (Wildman–Crippen LogP) is 3.70. The zero-order valence-electron chi connectivity index (χ0n) is 14.7. The van der Waals surface area contributed by atoms with Crippen molar-refractivity contribution in [1.29, 1.82) is 0 Å². The van der Waals surface area contributed by atoms with Gasteiger partial charge >= 0.3 is 10.6 Å². The van der Waals surface area contributed by atoms with Gasteiger partial charge in [0.1, 0.15) is 0 Å². The Balaban J connectivity index is 0. The van der Waals surface area contributed by atoms with Gasteiger partial charge in [0.2, 0.25) is 0 Å². The van der Waals surface area contributed by atoms with Gasteiger partial charge in [-0.3, -0.25) is 0 Å². The Morgan fingerprint density at radius 2 is 1.57 bits per heavy atom. The van der Waals surface area contributed by atoms with E-state index in [9.17, 15) is 14.7 Å². The van der Waals surface area contributed by atoms with Gasteiger partial charge < -0.3 is 20.1 Å². The molecule has 6 nitrogen and oxygen atoms in total. The molecule has 5 atom stereocenters. The number of aliphatic hydroxyl groups excluding tert-OH is 2. The Morgan fingerprint density at radius 1 is 1.04 bits per heavy atom. The molecule has 0 aromatic heterocycles. The standard InChI is InChI=1S/C9H18O3S.C6H12O3S/c1-5-12-9(11)13-8(4)6(2)7(3)10;1-4(3-7)5(2)10-6(8)9/h6-8,10H,5H2,1-4H3;4-5,7H,3H2,1-2H3,(H,8,9). The summed E-state index contributed by atoms with van der Waals surface area (Å²) in [5.74, 6) is 0.135. The van der Waals surface area contributed by atoms with Crippen molar-refractivity contribution in [1.82, 2.24) is 0 Å². The fourth-order valence-corrected chi connectivity index (χ4v) is 2.79. The molecule has 0 aliphatic carbocycles. The largest absolute Gasteiger partial charge is 0.473 e. The second-order valence-electron chi connectivity index (χ2n) is 5.35. The van der Waals surface area contributed by atoms with E-state index in [1.54, 1.807) is 20.8 Å². The number of rotatable bonds is 7. The summed E-state index contributed by atoms with van der Waals surface area (Å²) in [5, 5.41) is 25.1. The van der Waals surface area contributed by atoms with Crippen LogP contribution in [0.25, 0.3) is 0 Å². The monoisotopic (exact) mass is 370 g/mol. The van der Waals surface area contributed by atoms with Crippen molar-refractivity contribution < 1.29 is 29.6 Å². The lowest BCUT2D eigenvalue weighted by Crippen LogP contribution is -2.23. The highest BCUT2D eigenvalue weighted by molar-refractivity contribution is 8.14. The molecule has 0 heterocycles. The first kappa shape index (κ1) is 24.8. The van der Waals surface area contributed by atoms with Crippen LogP contribution in [0.1, 0.15) is 41.5 Å². The maximum atomic E-state index is 11.0. The normalized spacial score (nSPS) is 17.0. The fourth-order valence-electron chi connectivity index (χ4n) is 1.23. The van der Waals surface area contributed by atoms with Gasteiger partial charge in [0, 0.05) is 17.1 Å². The molecule has 5 unspecified atom stereocenters. The van der Waals surface area contributed by atoms with Crippen LogP contribution >= 0.6 is 23.5 Å². The average molecular weight is 371 g/mol. The number of carbonyl (C=O) groups excluding carboxylic acids is 1. The summed E-state index contributed by atoms with van der Waals surface area (Å²) in [6.45, 7) is 11.4. The van der Waals surface area contributed by atoms with Crippen LogP contribution in [0.15, 0.2) is 0 Å². The minimum Gasteiger partial charge on any atom is -0.473 e. The predicted molar refractivity (Wildman–Crippen MR) is 96.2 cm³/mol. The van der Waals surface area contributed by atoms with E-state index in [-0.39, 0.29) is 34.2 Å². The fraction of sp³-hybridized carbons (Fsp3) is 0.867. The minimum atomic E-state index is -0.882. The van der Waals surface area contributed by atoms with E-state index in [2.05, 4.69) is 0 Å². The van der Waals surface area contributed by atoms with Crippen LogP contribution in [0, 0.1) is 11.8 Å². The van der Waals surface area contributed by atoms with E-state index in [1.807, 2.05) is 20.8 Å². The van der Waals surface area contributed by atoms with Crippen molar-refractivity contribution in [3.8, 4) is 0 Å². The summed E-state index contributed by atoms with van der Waals surface area (Å²) in [4.78, 5) is 21.2. The number of aliphatic hydroxyl groups is 2. The number of carbonyl (C=O) groups is 2. The van der Waals surface area contributed by atoms with E-state index >= 15 is 0 Å². The lowest BCUT2D eigenvalue weighted by Gasteiger charge is -2.20. The molecule has 0 saturated heterocycles. The molecular formula is C15H30O6S2. The van der Waals surface area contributed by atoms with E-state index in [0.29, 0.717) is 6.61 Å². The third kappa shape index (κ3) is 13.7. The van der Waals surface area contributed by atoms with Crippen molar-refractivity contribution in [3.05, 3.63) is 0 Å². The van der Waals surface area contributed by atoms with Gasteiger partial charge in [0.25, 0.3) is 0 Å². The molecule has 23 heavy (non-hydrogen) atoms. The SMILES string of the molecule is CC(CO)C(C)SC(=O)O.CCOC(=O)SC(C)C(C)C(C)O. The number of ether oxygens (including phenoxy) is 1. The molecule has 0 saturated carbocycles. The van der Waals surface area contributed by atoms with Crippen LogP contribution in [0.2, 0.25) is 0 Å². The molecule has 0 spiro atoms. The summed E-state index contributed by atoms with van der Waals surface area (Å²) in [7, 11) is 0. The second-order valence-corrected chi connectivity index (χ2v) is 8.00. The van der Waals surface area contributed by atoms with Crippen LogP contribution in [-0.2, 0) is 4.74 Å². The van der Waals surface area contributed by atoms with E-state index in [4.69, 9.17) is 14.9 Å². The maximum Gasteiger partial charge on any atom is 0.367 e. The Bertz CT molecular complexity index is 338. The average Bonchev–Trinajstić information content (AvgIpc) is 2.45. The Kier molecular flexibility index (Phi) is 15.0. The smallest absolute Gasteiger partial charge is 0.367 e. The summed E-state index contributed by atoms with van der Waals surface area (Å²) in [6.07, 6.45) is -0.392. The van der Waals surface area contributed by atoms with Gasteiger partial charge in [-0.25, -0.2) is 9.59 Å². The molecule has 0 fully saturated rings. The molecule has 0 aliphatic heterocycles. The van der Waals surface area contributed by atoms with E-state index in [0.717, 1.165) is 23.5 Å². The van der Waals surface area contributed by atoms with Gasteiger partial charge in [-0.1, -0.05) is 27.7 Å². The number of hydrogen-bond acceptors (Lipinski definition) is 7. The molecule has 8 heteroatoms. The Hall–Kier alpha value is -0.440. The van der Waals surface area contributed by atoms with Gasteiger partial charge in [-0.15, -0.1) is 0 Å². The molecule has 0 aliphatic rings. The van der Waals surface area contributed by atoms with E-state index < -0.39 is 11.4 Å². The molecule has 0 amide bonds. The summed E-state index contributed by atoms with van der Waals surface area (Å²) < 4.78 is 4.78. The molecular weight excluding hydrogens is 340 g/mol. The first-order valence-electron chi connectivity index (χ1n) is 7.58. The molecule has 3 N–H and O–H groups in total. The zero-order valence-corrected chi connectivity index (χ0v) is 16.3. The van der Waals surface area contributed by atoms with Gasteiger partial charge in [0.15, 0.2) is 0 Å². The quantitative estimate of drug-likeness (QED) is 0.583. The molecule has 0 aromatic carbocycles. The number of hydrogen-bond donors (Lipinski definition) is 3. The highest BCUT2D eigenvalue weighted by Crippen LogP contribution is 2.23. The third-order valence-electron chi connectivity index (χ3n) is 3.42. The van der Waals surface area contributed by atoms with E-state index in [1.165, 1.54) is 0 Å². The zero-order chi connectivity index (χ0) is 18.6. The lowest BCUT2D eigenvalue weighted by molar-refractivity contribution is 0.135. The van der Waals surface area contributed by atoms with Crippen LogP contribution in [0.4, 0.5) is 9.59 Å². The van der Waals surface area contributed by atoms with Crippen molar-refractivity contribution >= 4 is 34.1 Å². The highest BCUT2D eigenvalue weighted by Gasteiger charge is 2.21. The van der Waals surface area contributed by atoms with Crippen LogP contribution in [0.5, 0.6) is 0 Å². The molecule has 0 rings (SSSR count). The molecule has 138 valence electrons. The Labute approximate surface area is 147 Å². The van der Waals surface area contributed by atoms with Crippen LogP contribution in [-0.4, -0.2) is 55.7 Å².